The molecule has 2 heterocycles. The third kappa shape index (κ3) is 6.10. The smallest absolute Gasteiger partial charge is 0.177 e. The van der Waals surface area contributed by atoms with Gasteiger partial charge in [0.25, 0.3) is 0 Å². The Bertz CT molecular complexity index is 1850. The van der Waals surface area contributed by atoms with E-state index in [1.807, 2.05) is 0 Å². The Morgan fingerprint density at radius 2 is 0.896 bits per heavy atom. The van der Waals surface area contributed by atoms with Crippen LogP contribution in [0.15, 0.2) is 36.4 Å². The highest BCUT2D eigenvalue weighted by Crippen LogP contribution is 2.44. The molecule has 0 atom stereocenters. The van der Waals surface area contributed by atoms with E-state index in [0.717, 1.165) is 63.9 Å². The molecular weight excluding hydrogens is 663 g/mol. The van der Waals surface area contributed by atoms with Crippen molar-refractivity contribution < 1.29 is 8.78 Å². The molecule has 2 saturated carbocycles. The fourth-order valence-corrected chi connectivity index (χ4v) is 19.2. The number of rotatable bonds is 6. The summed E-state index contributed by atoms with van der Waals surface area (Å²) in [5.74, 6) is 7.76. The van der Waals surface area contributed by atoms with Crippen molar-refractivity contribution in [1.82, 2.24) is 0 Å². The van der Waals surface area contributed by atoms with Gasteiger partial charge >= 0.3 is 0 Å². The maximum Gasteiger partial charge on any atom is 0.177 e. The first-order valence-corrected chi connectivity index (χ1v) is 25.2. The lowest BCUT2D eigenvalue weighted by molar-refractivity contribution is 0.491. The molecule has 0 N–H and O–H groups in total. The van der Waals surface area contributed by atoms with Gasteiger partial charge in [-0.15, -0.1) is 33.8 Å². The molecule has 0 nitrogen and oxygen atoms in total. The van der Waals surface area contributed by atoms with Crippen molar-refractivity contribution in [1.29, 1.82) is 0 Å². The molecule has 3 aromatic carbocycles. The maximum absolute atomic E-state index is 14.8. The Morgan fingerprint density at radius 1 is 0.542 bits per heavy atom. The number of hydrogen-bond acceptors (Lipinski definition) is 2. The van der Waals surface area contributed by atoms with E-state index < -0.39 is 16.1 Å². The average Bonchev–Trinajstić information content (AvgIpc) is 3.68. The summed E-state index contributed by atoms with van der Waals surface area (Å²) in [5.41, 5.74) is 11.7. The van der Waals surface area contributed by atoms with Crippen LogP contribution in [0.2, 0.25) is 35.3 Å². The second kappa shape index (κ2) is 14.0. The number of thiophene rings is 2. The van der Waals surface area contributed by atoms with E-state index >= 15 is 0 Å². The molecule has 0 bridgehead atoms. The van der Waals surface area contributed by atoms with Gasteiger partial charge in [0, 0.05) is 31.3 Å². The van der Waals surface area contributed by atoms with Crippen LogP contribution in [-0.4, -0.2) is 16.1 Å². The first-order chi connectivity index (χ1) is 23.3. The minimum atomic E-state index is -1.88. The highest BCUT2D eigenvalue weighted by molar-refractivity contribution is 7.18. The number of halogens is 2. The summed E-state index contributed by atoms with van der Waals surface area (Å²) in [5, 5.41) is 5.79. The standard InChI is InChI=1S/C42H48F2S2Si2/c1-5-47(6-2,31-15-11-9-12-16-31)21-19-33-35-23-29-25-41(43)46-40(29)28-38(35)34(36-24-30-26-42(44)45-39(30)27-37(33)36)20-22-48(7-3,8-4)32-17-13-10-14-18-32/h23-28,31-32H,5-18H2,1-4H3. The summed E-state index contributed by atoms with van der Waals surface area (Å²) in [6, 6.07) is 16.7. The molecule has 2 aliphatic carbocycles. The molecule has 0 radical (unpaired) electrons. The lowest BCUT2D eigenvalue weighted by Crippen LogP contribution is -2.38. The topological polar surface area (TPSA) is 0 Å². The SMILES string of the molecule is CC[Si](C#Cc1c2cc3cc(F)sc3cc2c(C#C[Si](CC)(CC)C2CCCCC2)c2cc3cc(F)sc3cc12)(CC)C1CCCCC1. The summed E-state index contributed by atoms with van der Waals surface area (Å²) in [6.45, 7) is 9.47. The summed E-state index contributed by atoms with van der Waals surface area (Å²) in [7, 11) is -3.76. The van der Waals surface area contributed by atoms with Gasteiger partial charge in [-0.3, -0.25) is 0 Å². The summed E-state index contributed by atoms with van der Waals surface area (Å²) in [6.07, 6.45) is 13.2. The largest absolute Gasteiger partial charge is 0.195 e. The third-order valence-corrected chi connectivity index (χ3v) is 24.8. The van der Waals surface area contributed by atoms with Crippen LogP contribution < -0.4 is 0 Å². The minimum Gasteiger partial charge on any atom is -0.195 e. The third-order valence-electron chi connectivity index (χ3n) is 12.5. The molecule has 2 aliphatic rings. The molecule has 0 amide bonds. The van der Waals surface area contributed by atoms with Crippen LogP contribution in [0.1, 0.15) is 103 Å². The summed E-state index contributed by atoms with van der Waals surface area (Å²) < 4.78 is 31.4. The van der Waals surface area contributed by atoms with Crippen molar-refractivity contribution in [3.8, 4) is 22.9 Å². The van der Waals surface area contributed by atoms with Crippen LogP contribution in [0, 0.1) is 33.2 Å². The van der Waals surface area contributed by atoms with Gasteiger partial charge in [-0.05, 0) is 93.2 Å². The van der Waals surface area contributed by atoms with Gasteiger partial charge in [0.05, 0.1) is 0 Å². The molecule has 6 heteroatoms. The molecular formula is C42H48F2S2Si2. The Hall–Kier alpha value is -2.49. The maximum atomic E-state index is 14.8. The fraction of sp³-hybridized carbons (Fsp3) is 0.476. The number of fused-ring (bicyclic) bond motifs is 4. The molecule has 250 valence electrons. The Labute approximate surface area is 295 Å². The number of hydrogen-bond donors (Lipinski definition) is 0. The van der Waals surface area contributed by atoms with Crippen molar-refractivity contribution in [2.75, 3.05) is 0 Å². The van der Waals surface area contributed by atoms with E-state index in [2.05, 4.69) is 74.9 Å². The molecule has 5 aromatic rings. The van der Waals surface area contributed by atoms with Gasteiger partial charge in [-0.25, -0.2) is 0 Å². The Balaban J connectivity index is 1.55. The zero-order valence-corrected chi connectivity index (χ0v) is 32.7. The Morgan fingerprint density at radius 3 is 1.25 bits per heavy atom. The quantitative estimate of drug-likeness (QED) is 0.0935. The monoisotopic (exact) mass is 710 g/mol. The summed E-state index contributed by atoms with van der Waals surface area (Å²) in [4.78, 5) is 0. The molecule has 2 aromatic heterocycles. The van der Waals surface area contributed by atoms with Crippen molar-refractivity contribution in [3.05, 3.63) is 57.8 Å². The molecule has 0 unspecified atom stereocenters. The van der Waals surface area contributed by atoms with Crippen LogP contribution in [0.4, 0.5) is 8.78 Å². The van der Waals surface area contributed by atoms with Crippen LogP contribution in [0.3, 0.4) is 0 Å². The highest BCUT2D eigenvalue weighted by Gasteiger charge is 2.38. The molecule has 7 rings (SSSR count). The molecule has 0 saturated heterocycles. The normalized spacial score (nSPS) is 16.8. The molecule has 0 aliphatic heterocycles. The fourth-order valence-electron chi connectivity index (χ4n) is 9.39. The van der Waals surface area contributed by atoms with E-state index in [1.54, 1.807) is 12.1 Å². The van der Waals surface area contributed by atoms with Gasteiger partial charge in [-0.2, -0.15) is 8.78 Å². The predicted molar refractivity (Wildman–Crippen MR) is 213 cm³/mol. The molecule has 2 fully saturated rings. The number of benzene rings is 3. The Kier molecular flexibility index (Phi) is 9.93. The van der Waals surface area contributed by atoms with Gasteiger partial charge in [0.2, 0.25) is 0 Å². The average molecular weight is 711 g/mol. The minimum absolute atomic E-state index is 0.164. The zero-order chi connectivity index (χ0) is 33.5. The lowest BCUT2D eigenvalue weighted by atomic mass is 9.91. The lowest BCUT2D eigenvalue weighted by Gasteiger charge is -2.35. The molecule has 0 spiro atoms. The van der Waals surface area contributed by atoms with Crippen molar-refractivity contribution in [2.45, 2.75) is 127 Å². The highest BCUT2D eigenvalue weighted by atomic mass is 32.1. The molecule has 48 heavy (non-hydrogen) atoms. The first-order valence-electron chi connectivity index (χ1n) is 18.6. The summed E-state index contributed by atoms with van der Waals surface area (Å²) >= 11 is 2.42. The van der Waals surface area contributed by atoms with Crippen LogP contribution >= 0.6 is 22.7 Å². The first kappa shape index (κ1) is 34.0. The van der Waals surface area contributed by atoms with Gasteiger partial charge in [0.1, 0.15) is 16.1 Å². The van der Waals surface area contributed by atoms with Crippen molar-refractivity contribution in [3.63, 3.8) is 0 Å². The van der Waals surface area contributed by atoms with Crippen LogP contribution in [0.25, 0.3) is 41.7 Å². The van der Waals surface area contributed by atoms with Crippen molar-refractivity contribution >= 4 is 80.5 Å². The van der Waals surface area contributed by atoms with Crippen molar-refractivity contribution in [2.24, 2.45) is 0 Å². The van der Waals surface area contributed by atoms with E-state index in [4.69, 9.17) is 0 Å². The van der Waals surface area contributed by atoms with E-state index in [9.17, 15) is 8.78 Å². The van der Waals surface area contributed by atoms with Gasteiger partial charge in [-0.1, -0.05) is 104 Å². The van der Waals surface area contributed by atoms with E-state index in [-0.39, 0.29) is 10.3 Å². The second-order valence-corrected chi connectivity index (χ2v) is 26.3. The van der Waals surface area contributed by atoms with E-state index in [0.29, 0.717) is 0 Å². The van der Waals surface area contributed by atoms with Crippen LogP contribution in [0.5, 0.6) is 0 Å². The van der Waals surface area contributed by atoms with Crippen LogP contribution in [-0.2, 0) is 0 Å². The van der Waals surface area contributed by atoms with E-state index in [1.165, 1.54) is 111 Å². The van der Waals surface area contributed by atoms with Gasteiger partial charge in [0.15, 0.2) is 10.3 Å². The predicted octanol–water partition coefficient (Wildman–Crippen LogP) is 14.1. The van der Waals surface area contributed by atoms with Gasteiger partial charge < -0.3 is 0 Å². The zero-order valence-electron chi connectivity index (χ0n) is 29.1. The second-order valence-electron chi connectivity index (χ2n) is 14.6.